The fraction of sp³-hybridized carbons (Fsp3) is 0.391. The van der Waals surface area contributed by atoms with Crippen LogP contribution in [0.4, 0.5) is 17.5 Å². The summed E-state index contributed by atoms with van der Waals surface area (Å²) in [5.41, 5.74) is 12.3. The summed E-state index contributed by atoms with van der Waals surface area (Å²) < 4.78 is 7.25. The van der Waals surface area contributed by atoms with E-state index in [4.69, 9.17) is 21.2 Å². The zero-order valence-electron chi connectivity index (χ0n) is 18.8. The molecule has 2 aromatic heterocycles. The van der Waals surface area contributed by atoms with Gasteiger partial charge in [0.05, 0.1) is 24.3 Å². The van der Waals surface area contributed by atoms with Crippen molar-refractivity contribution < 1.29 is 9.53 Å². The van der Waals surface area contributed by atoms with E-state index in [-0.39, 0.29) is 22.8 Å². The number of nitrogens with one attached hydrogen (secondary N) is 1. The van der Waals surface area contributed by atoms with Gasteiger partial charge in [0.25, 0.3) is 5.91 Å². The number of hydrazine groups is 1. The zero-order chi connectivity index (χ0) is 23.7. The molecule has 1 atom stereocenters. The van der Waals surface area contributed by atoms with Gasteiger partial charge in [-0.15, -0.1) is 0 Å². The molecule has 0 aliphatic carbocycles. The van der Waals surface area contributed by atoms with Crippen molar-refractivity contribution in [3.8, 4) is 0 Å². The number of ether oxygens (including phenoxy) is 1. The first-order valence-electron chi connectivity index (χ1n) is 11.4. The van der Waals surface area contributed by atoms with E-state index in [1.165, 1.54) is 6.20 Å². The molecule has 0 radical (unpaired) electrons. The van der Waals surface area contributed by atoms with Crippen LogP contribution in [-0.2, 0) is 11.3 Å². The van der Waals surface area contributed by atoms with Gasteiger partial charge in [0, 0.05) is 31.9 Å². The van der Waals surface area contributed by atoms with E-state index in [1.807, 2.05) is 35.3 Å². The van der Waals surface area contributed by atoms with Crippen molar-refractivity contribution in [1.82, 2.24) is 24.9 Å². The smallest absolute Gasteiger partial charge is 0.256 e. The van der Waals surface area contributed by atoms with Crippen LogP contribution in [0.3, 0.4) is 0 Å². The number of carbonyl (C=O) groups excluding carboxylic acids is 1. The number of fused-ring (bicyclic) bond motifs is 1. The second-order valence-electron chi connectivity index (χ2n) is 8.48. The number of amides is 1. The average Bonchev–Trinajstić information content (AvgIpc) is 3.36. The number of pyridine rings is 1. The van der Waals surface area contributed by atoms with Crippen molar-refractivity contribution >= 4 is 34.4 Å². The lowest BCUT2D eigenvalue weighted by molar-refractivity contribution is 0.0372. The van der Waals surface area contributed by atoms with Crippen LogP contribution in [0.5, 0.6) is 0 Å². The van der Waals surface area contributed by atoms with Gasteiger partial charge in [0.15, 0.2) is 5.65 Å². The number of carbonyl (C=O) groups is 1. The fourth-order valence-electron chi connectivity index (χ4n) is 4.62. The summed E-state index contributed by atoms with van der Waals surface area (Å²) in [5.74, 6) is -0.429. The van der Waals surface area contributed by atoms with E-state index in [1.54, 1.807) is 4.57 Å². The van der Waals surface area contributed by atoms with Crippen molar-refractivity contribution in [1.29, 1.82) is 0 Å². The second kappa shape index (κ2) is 9.37. The minimum absolute atomic E-state index is 0.0287. The number of hydrogen-bond donors (Lipinski definition) is 3. The van der Waals surface area contributed by atoms with E-state index in [0.717, 1.165) is 25.1 Å². The van der Waals surface area contributed by atoms with Crippen LogP contribution in [0.1, 0.15) is 23.2 Å². The van der Waals surface area contributed by atoms with Gasteiger partial charge in [-0.2, -0.15) is 4.98 Å². The Bertz CT molecular complexity index is 1250. The van der Waals surface area contributed by atoms with Gasteiger partial charge in [-0.25, -0.2) is 15.0 Å². The first kappa shape index (κ1) is 22.3. The summed E-state index contributed by atoms with van der Waals surface area (Å²) in [4.78, 5) is 34.6. The third-order valence-electron chi connectivity index (χ3n) is 6.30. The number of rotatable bonds is 6. The molecule has 1 unspecified atom stereocenters. The Morgan fingerprint density at radius 1 is 1.24 bits per heavy atom. The molecular weight excluding hydrogens is 436 g/mol. The number of nitrogen functional groups attached to an aromatic ring is 1. The molecule has 4 heterocycles. The summed E-state index contributed by atoms with van der Waals surface area (Å²) in [7, 11) is 0. The van der Waals surface area contributed by atoms with Gasteiger partial charge >= 0.3 is 0 Å². The lowest BCUT2D eigenvalue weighted by atomic mass is 10.1. The minimum atomic E-state index is -0.860. The van der Waals surface area contributed by atoms with Crippen molar-refractivity contribution in [2.24, 2.45) is 5.73 Å². The van der Waals surface area contributed by atoms with Crippen LogP contribution in [0.25, 0.3) is 11.0 Å². The third-order valence-corrected chi connectivity index (χ3v) is 6.30. The molecule has 0 saturated carbocycles. The molecule has 0 bridgehead atoms. The number of primary amides is 1. The first-order valence-corrected chi connectivity index (χ1v) is 11.4. The Morgan fingerprint density at radius 3 is 2.68 bits per heavy atom. The second-order valence-corrected chi connectivity index (χ2v) is 8.48. The van der Waals surface area contributed by atoms with Crippen LogP contribution < -0.4 is 27.2 Å². The fourth-order valence-corrected chi connectivity index (χ4v) is 4.62. The summed E-state index contributed by atoms with van der Waals surface area (Å²) in [6.07, 6.45) is 3.46. The van der Waals surface area contributed by atoms with Gasteiger partial charge < -0.3 is 26.1 Å². The normalized spacial score (nSPS) is 18.9. The Morgan fingerprint density at radius 2 is 2.00 bits per heavy atom. The predicted molar refractivity (Wildman–Crippen MR) is 129 cm³/mol. The van der Waals surface area contributed by atoms with E-state index in [9.17, 15) is 9.59 Å². The summed E-state index contributed by atoms with van der Waals surface area (Å²) in [6, 6.07) is 9.94. The molecule has 11 nitrogen and oxygen atoms in total. The lowest BCUT2D eigenvalue weighted by Gasteiger charge is -2.37. The minimum Gasteiger partial charge on any atom is -0.384 e. The van der Waals surface area contributed by atoms with Crippen LogP contribution in [0.2, 0.25) is 0 Å². The summed E-state index contributed by atoms with van der Waals surface area (Å²) >= 11 is 0. The average molecular weight is 465 g/mol. The highest BCUT2D eigenvalue weighted by atomic mass is 16.5. The number of nitrogens with zero attached hydrogens (tertiary/aromatic N) is 5. The lowest BCUT2D eigenvalue weighted by Crippen LogP contribution is -2.47. The van der Waals surface area contributed by atoms with E-state index >= 15 is 0 Å². The Balaban J connectivity index is 1.69. The maximum absolute atomic E-state index is 13.1. The van der Waals surface area contributed by atoms with Gasteiger partial charge in [0.2, 0.25) is 11.4 Å². The quantitative estimate of drug-likeness (QED) is 0.478. The Kier molecular flexibility index (Phi) is 6.14. The zero-order valence-corrected chi connectivity index (χ0v) is 18.8. The molecule has 1 amide bonds. The molecular formula is C23H28N8O3. The van der Waals surface area contributed by atoms with Crippen molar-refractivity contribution in [2.45, 2.75) is 25.4 Å². The summed E-state index contributed by atoms with van der Waals surface area (Å²) in [6.45, 7) is 3.87. The number of hydrogen-bond acceptors (Lipinski definition) is 9. The number of morpholine rings is 1. The highest BCUT2D eigenvalue weighted by Gasteiger charge is 2.27. The maximum atomic E-state index is 13.1. The SMILES string of the molecule is NC(=O)c1c(N)n(CC2CCCN2)c2nc(N(c3ccccc3)N3CCOCC3)ncc2c1=O. The molecule has 3 aromatic rings. The van der Waals surface area contributed by atoms with Crippen molar-refractivity contribution in [3.05, 3.63) is 52.3 Å². The number of anilines is 3. The standard InChI is InChI=1S/C23H28N8O3/c24-20-18(21(25)33)19(32)17-13-27-23(28-22(17)30(20)14-15-5-4-8-26-15)31(16-6-2-1-3-7-16)29-9-11-34-12-10-29/h1-3,6-7,13,15,26H,4-5,8-12,14,24H2,(H2,25,33). The number of aromatic nitrogens is 3. The van der Waals surface area contributed by atoms with Crippen LogP contribution in [-0.4, -0.2) is 64.3 Å². The summed E-state index contributed by atoms with van der Waals surface area (Å²) in [5, 5.41) is 7.68. The molecule has 2 aliphatic heterocycles. The molecule has 5 N–H and O–H groups in total. The van der Waals surface area contributed by atoms with Crippen LogP contribution in [0, 0.1) is 0 Å². The van der Waals surface area contributed by atoms with Gasteiger partial charge in [-0.05, 0) is 31.5 Å². The van der Waals surface area contributed by atoms with E-state index < -0.39 is 11.3 Å². The van der Waals surface area contributed by atoms with Crippen LogP contribution >= 0.6 is 0 Å². The molecule has 34 heavy (non-hydrogen) atoms. The van der Waals surface area contributed by atoms with Crippen molar-refractivity contribution in [2.75, 3.05) is 43.6 Å². The molecule has 5 rings (SSSR count). The maximum Gasteiger partial charge on any atom is 0.256 e. The van der Waals surface area contributed by atoms with Crippen molar-refractivity contribution in [3.63, 3.8) is 0 Å². The largest absolute Gasteiger partial charge is 0.384 e. The molecule has 2 fully saturated rings. The number of nitrogens with two attached hydrogens (primary N) is 2. The van der Waals surface area contributed by atoms with E-state index in [0.29, 0.717) is 44.4 Å². The Labute approximate surface area is 196 Å². The van der Waals surface area contributed by atoms with Gasteiger partial charge in [0.1, 0.15) is 11.4 Å². The topological polar surface area (TPSA) is 145 Å². The highest BCUT2D eigenvalue weighted by Crippen LogP contribution is 2.27. The first-order chi connectivity index (χ1) is 16.5. The van der Waals surface area contributed by atoms with Gasteiger partial charge in [-0.3, -0.25) is 9.59 Å². The monoisotopic (exact) mass is 464 g/mol. The molecule has 1 aromatic carbocycles. The van der Waals surface area contributed by atoms with E-state index in [2.05, 4.69) is 15.3 Å². The highest BCUT2D eigenvalue weighted by molar-refractivity contribution is 6.00. The molecule has 2 aliphatic rings. The van der Waals surface area contributed by atoms with Gasteiger partial charge in [-0.1, -0.05) is 18.2 Å². The number of para-hydroxylation sites is 1. The molecule has 178 valence electrons. The van der Waals surface area contributed by atoms with Crippen LogP contribution in [0.15, 0.2) is 41.3 Å². The predicted octanol–water partition coefficient (Wildman–Crippen LogP) is 0.610. The Hall–Kier alpha value is -3.54. The molecule has 0 spiro atoms. The molecule has 2 saturated heterocycles. The number of benzene rings is 1. The molecule has 11 heteroatoms. The third kappa shape index (κ3) is 4.09.